The van der Waals surface area contributed by atoms with E-state index in [1.165, 1.54) is 16.5 Å². The summed E-state index contributed by atoms with van der Waals surface area (Å²) >= 11 is 1.72. The van der Waals surface area contributed by atoms with Crippen molar-refractivity contribution in [2.45, 2.75) is 46.2 Å². The highest BCUT2D eigenvalue weighted by molar-refractivity contribution is 7.16. The van der Waals surface area contributed by atoms with Gasteiger partial charge >= 0.3 is 5.97 Å². The summed E-state index contributed by atoms with van der Waals surface area (Å²) in [5.74, 6) is 1.34. The van der Waals surface area contributed by atoms with Crippen LogP contribution in [0.3, 0.4) is 0 Å². The van der Waals surface area contributed by atoms with Crippen LogP contribution in [0.25, 0.3) is 6.08 Å². The number of ether oxygens (including phenoxy) is 2. The van der Waals surface area contributed by atoms with E-state index in [0.717, 1.165) is 46.7 Å². The molecule has 0 unspecified atom stereocenters. The molecule has 192 valence electrons. The summed E-state index contributed by atoms with van der Waals surface area (Å²) in [5, 5.41) is 7.57. The number of hydrogen-bond donors (Lipinski definition) is 2. The first-order chi connectivity index (χ1) is 17.7. The van der Waals surface area contributed by atoms with Gasteiger partial charge in [0.15, 0.2) is 0 Å². The minimum Gasteiger partial charge on any atom is -0.497 e. The Labute approximate surface area is 221 Å². The van der Waals surface area contributed by atoms with Gasteiger partial charge in [0.1, 0.15) is 22.7 Å². The Bertz CT molecular complexity index is 1330. The summed E-state index contributed by atoms with van der Waals surface area (Å²) in [4.78, 5) is 26.7. The van der Waals surface area contributed by atoms with Gasteiger partial charge in [-0.05, 0) is 77.6 Å². The van der Waals surface area contributed by atoms with E-state index in [-0.39, 0.29) is 17.5 Å². The summed E-state index contributed by atoms with van der Waals surface area (Å²) in [6, 6.07) is 14.6. The first-order valence-electron chi connectivity index (χ1n) is 12.6. The number of benzene rings is 2. The fourth-order valence-corrected chi connectivity index (χ4v) is 6.31. The van der Waals surface area contributed by atoms with E-state index < -0.39 is 5.97 Å². The van der Waals surface area contributed by atoms with E-state index in [2.05, 4.69) is 31.4 Å². The van der Waals surface area contributed by atoms with Gasteiger partial charge in [0.05, 0.1) is 12.7 Å². The summed E-state index contributed by atoms with van der Waals surface area (Å²) in [5.41, 5.74) is 4.06. The van der Waals surface area contributed by atoms with Gasteiger partial charge in [0.25, 0.3) is 5.91 Å². The number of esters is 1. The van der Waals surface area contributed by atoms with Crippen LogP contribution in [0, 0.1) is 11.3 Å². The lowest BCUT2D eigenvalue weighted by atomic mass is 9.72. The van der Waals surface area contributed by atoms with E-state index in [1.54, 1.807) is 36.7 Å². The molecule has 2 aliphatic rings. The molecule has 37 heavy (non-hydrogen) atoms. The topological polar surface area (TPSA) is 76.7 Å². The molecule has 3 aromatic rings. The van der Waals surface area contributed by atoms with Crippen molar-refractivity contribution in [2.24, 2.45) is 11.3 Å². The van der Waals surface area contributed by atoms with Gasteiger partial charge in [0.2, 0.25) is 0 Å². The molecule has 6 nitrogen and oxygen atoms in total. The number of fused-ring (bicyclic) bond motifs is 3. The third-order valence-electron chi connectivity index (χ3n) is 7.23. The zero-order valence-electron chi connectivity index (χ0n) is 21.6. The van der Waals surface area contributed by atoms with E-state index in [9.17, 15) is 9.59 Å². The normalized spacial score (nSPS) is 19.0. The molecule has 0 bridgehead atoms. The maximum Gasteiger partial charge on any atom is 0.336 e. The van der Waals surface area contributed by atoms with Crippen molar-refractivity contribution < 1.29 is 19.1 Å². The molecule has 0 saturated carbocycles. The average molecular weight is 517 g/mol. The van der Waals surface area contributed by atoms with E-state index >= 15 is 0 Å². The molecule has 2 aromatic carbocycles. The van der Waals surface area contributed by atoms with Gasteiger partial charge in [-0.2, -0.15) is 0 Å². The van der Waals surface area contributed by atoms with Gasteiger partial charge in [-0.3, -0.25) is 4.79 Å². The lowest BCUT2D eigenvalue weighted by Crippen LogP contribution is -2.38. The van der Waals surface area contributed by atoms with Crippen molar-refractivity contribution in [2.75, 3.05) is 12.4 Å². The van der Waals surface area contributed by atoms with Crippen molar-refractivity contribution >= 4 is 34.3 Å². The van der Waals surface area contributed by atoms with Crippen LogP contribution >= 0.6 is 11.3 Å². The molecular formula is C30H32N2O4S. The Morgan fingerprint density at radius 1 is 1.03 bits per heavy atom. The van der Waals surface area contributed by atoms with Crippen LogP contribution in [0.5, 0.6) is 11.5 Å². The van der Waals surface area contributed by atoms with E-state index in [1.807, 2.05) is 36.4 Å². The van der Waals surface area contributed by atoms with E-state index in [4.69, 9.17) is 9.47 Å². The first kappa shape index (κ1) is 25.1. The van der Waals surface area contributed by atoms with Crippen molar-refractivity contribution in [3.05, 3.63) is 81.7 Å². The molecule has 1 aromatic heterocycles. The molecule has 1 aliphatic carbocycles. The predicted molar refractivity (Wildman–Crippen MR) is 147 cm³/mol. The van der Waals surface area contributed by atoms with Crippen molar-refractivity contribution in [1.29, 1.82) is 0 Å². The van der Waals surface area contributed by atoms with Crippen LogP contribution in [-0.2, 0) is 17.6 Å². The number of thiophene rings is 1. The van der Waals surface area contributed by atoms with Crippen LogP contribution in [0.4, 0.5) is 5.00 Å². The molecule has 2 atom stereocenters. The maximum absolute atomic E-state index is 13.1. The second-order valence-corrected chi connectivity index (χ2v) is 11.8. The monoisotopic (exact) mass is 516 g/mol. The van der Waals surface area contributed by atoms with Crippen molar-refractivity contribution in [1.82, 2.24) is 5.32 Å². The highest BCUT2D eigenvalue weighted by Crippen LogP contribution is 2.46. The Balaban J connectivity index is 1.23. The molecule has 1 aliphatic heterocycles. The quantitative estimate of drug-likeness (QED) is 0.234. The fourth-order valence-electron chi connectivity index (χ4n) is 4.96. The van der Waals surface area contributed by atoms with Gasteiger partial charge in [-0.25, -0.2) is 4.79 Å². The Morgan fingerprint density at radius 2 is 1.73 bits per heavy atom. The van der Waals surface area contributed by atoms with Gasteiger partial charge < -0.3 is 20.1 Å². The molecule has 0 spiro atoms. The zero-order chi connectivity index (χ0) is 26.2. The van der Waals surface area contributed by atoms with Crippen LogP contribution in [-0.4, -0.2) is 19.0 Å². The van der Waals surface area contributed by atoms with Gasteiger partial charge in [-0.15, -0.1) is 11.3 Å². The number of anilines is 1. The number of rotatable bonds is 5. The van der Waals surface area contributed by atoms with E-state index in [0.29, 0.717) is 11.7 Å². The smallest absolute Gasteiger partial charge is 0.336 e. The van der Waals surface area contributed by atoms with Crippen molar-refractivity contribution in [3.63, 3.8) is 0 Å². The van der Waals surface area contributed by atoms with Gasteiger partial charge in [-0.1, -0.05) is 45.0 Å². The summed E-state index contributed by atoms with van der Waals surface area (Å²) < 4.78 is 10.6. The van der Waals surface area contributed by atoms with Crippen molar-refractivity contribution in [3.8, 4) is 11.5 Å². The highest BCUT2D eigenvalue weighted by Gasteiger charge is 2.36. The highest BCUT2D eigenvalue weighted by atomic mass is 32.1. The molecule has 7 heteroatoms. The number of nitrogens with one attached hydrogen (secondary N) is 2. The third-order valence-corrected chi connectivity index (χ3v) is 8.41. The van der Waals surface area contributed by atoms with Crippen LogP contribution in [0.2, 0.25) is 0 Å². The average Bonchev–Trinajstić information content (AvgIpc) is 3.26. The maximum atomic E-state index is 13.1. The minimum absolute atomic E-state index is 0.0235. The lowest BCUT2D eigenvalue weighted by Gasteiger charge is -2.34. The number of hydrogen-bond acceptors (Lipinski definition) is 6. The molecule has 5 rings (SSSR count). The molecule has 1 amide bonds. The molecule has 2 heterocycles. The molecule has 0 fully saturated rings. The number of carbonyl (C=O) groups is 2. The second-order valence-electron chi connectivity index (χ2n) is 10.7. The Morgan fingerprint density at radius 3 is 2.41 bits per heavy atom. The van der Waals surface area contributed by atoms with Crippen LogP contribution < -0.4 is 20.1 Å². The molecule has 0 radical (unpaired) electrons. The SMILES string of the molecule is COc1ccc(/C=C/C(=O)Oc2ccc([C@@H]3NC(=O)c4c(sc5c4CC[C@@H](C(C)(C)C)C5)N3)cc2)cc1. The number of amides is 1. The summed E-state index contributed by atoms with van der Waals surface area (Å²) in [7, 11) is 1.61. The second kappa shape index (κ2) is 10.1. The van der Waals surface area contributed by atoms with Crippen LogP contribution in [0.15, 0.2) is 54.6 Å². The zero-order valence-corrected chi connectivity index (χ0v) is 22.4. The third kappa shape index (κ3) is 5.42. The molecular weight excluding hydrogens is 484 g/mol. The first-order valence-corrected chi connectivity index (χ1v) is 13.4. The molecule has 0 saturated heterocycles. The number of carbonyl (C=O) groups excluding carboxylic acids is 2. The number of methoxy groups -OCH3 is 1. The minimum atomic E-state index is -0.463. The molecule has 2 N–H and O–H groups in total. The predicted octanol–water partition coefficient (Wildman–Crippen LogP) is 6.38. The standard InChI is InChI=1S/C30H32N2O4S/c1-30(2,3)20-10-15-23-24(17-20)37-29-26(23)28(34)31-27(32-29)19-8-13-22(14-9-19)36-25(33)16-7-18-5-11-21(35-4)12-6-18/h5-9,11-14,16,20,27,32H,10,15,17H2,1-4H3,(H,31,34)/b16-7+/t20-,27-/m1/s1. The Kier molecular flexibility index (Phi) is 6.82. The largest absolute Gasteiger partial charge is 0.497 e. The summed E-state index contributed by atoms with van der Waals surface area (Å²) in [6.07, 6.45) is 5.85. The summed E-state index contributed by atoms with van der Waals surface area (Å²) in [6.45, 7) is 6.90. The van der Waals surface area contributed by atoms with Gasteiger partial charge in [0, 0.05) is 11.0 Å². The Hall–Kier alpha value is -3.58. The fraction of sp³-hybridized carbons (Fsp3) is 0.333. The lowest BCUT2D eigenvalue weighted by molar-refractivity contribution is -0.128. The van der Waals surface area contributed by atoms with Crippen LogP contribution in [0.1, 0.15) is 65.3 Å².